The molecule has 0 aromatic carbocycles. The number of nitrogens with one attached hydrogen (secondary N) is 3. The fourth-order valence-electron chi connectivity index (χ4n) is 10.9. The van der Waals surface area contributed by atoms with Crippen LogP contribution in [0.1, 0.15) is 197 Å². The fourth-order valence-corrected chi connectivity index (χ4v) is 10.9. The highest BCUT2D eigenvalue weighted by molar-refractivity contribution is 5.82. The normalized spacial score (nSPS) is 28.7. The lowest BCUT2D eigenvalue weighted by molar-refractivity contribution is -0.282. The number of carbonyl (C=O) groups is 7. The number of nitrogens with two attached hydrogens (primary N) is 1. The standard InChI is InChI=1S/C59H104N4O22.H2/c1-37-50(74)51(75)43(34-64)83-56(37)80-31-16-10-4-7-13-20-40(69)25-28-59(63-47(73)24-19-23-46(60)72,29-26-41(70)21-14-8-5-11-17-32-81-57-48(61-38(2)67)54(78)52(76)44(35-65)84-57)30-27-42(71)22-15-9-6-12-18-33-82-58-49(62-39(3)68)55(79)53(77)45(36-66)85-58;/h37,43-45,48-58,64-66,74-79H,4-36H2,1-3H3,(H2,60,72)(H,61,67)(H,62,68)(H,63,73);1H/i;1+2T/hT. The lowest BCUT2D eigenvalue weighted by Gasteiger charge is -2.42. The van der Waals surface area contributed by atoms with E-state index in [4.69, 9.17) is 32.8 Å². The number of Topliss-reactive ketones (excluding diaryl/α,β-unsaturated/α-hetero) is 3. The van der Waals surface area contributed by atoms with Crippen molar-refractivity contribution in [3.05, 3.63) is 0 Å². The maximum Gasteiger partial charge on any atom is 0.220 e. The molecule has 0 aliphatic carbocycles. The fraction of sp³-hybridized carbons (Fsp3) is 0.881. The minimum Gasteiger partial charge on any atom is -0.394 e. The Labute approximate surface area is 504 Å². The molecule has 15 unspecified atom stereocenters. The number of hydrogen-bond acceptors (Lipinski definition) is 22. The van der Waals surface area contributed by atoms with Crippen LogP contribution in [0.3, 0.4) is 0 Å². The largest absolute Gasteiger partial charge is 0.394 e. The third kappa shape index (κ3) is 28.1. The van der Waals surface area contributed by atoms with E-state index in [2.05, 4.69) is 16.0 Å². The van der Waals surface area contributed by atoms with Gasteiger partial charge in [-0.3, -0.25) is 33.6 Å². The Morgan fingerprint density at radius 3 is 1.18 bits per heavy atom. The van der Waals surface area contributed by atoms with Crippen LogP contribution in [0.25, 0.3) is 0 Å². The number of rotatable bonds is 46. The molecule has 3 heterocycles. The predicted octanol–water partition coefficient (Wildman–Crippen LogP) is 0.825. The average Bonchev–Trinajstić information content (AvgIpc) is 3.23. The van der Waals surface area contributed by atoms with E-state index in [1.807, 2.05) is 0 Å². The van der Waals surface area contributed by atoms with E-state index in [9.17, 15) is 79.5 Å². The van der Waals surface area contributed by atoms with Crippen LogP contribution in [0.2, 0.25) is 1.41 Å². The summed E-state index contributed by atoms with van der Waals surface area (Å²) in [6.07, 6.45) is -2.23. The summed E-state index contributed by atoms with van der Waals surface area (Å²) in [4.78, 5) is 89.8. The van der Waals surface area contributed by atoms with Crippen molar-refractivity contribution in [3.8, 4) is 0 Å². The number of ether oxygens (including phenoxy) is 6. The summed E-state index contributed by atoms with van der Waals surface area (Å²) in [5, 5.41) is 99.0. The summed E-state index contributed by atoms with van der Waals surface area (Å²) in [6.45, 7) is 3.36. The molecule has 494 valence electrons. The van der Waals surface area contributed by atoms with E-state index in [-0.39, 0.29) is 108 Å². The summed E-state index contributed by atoms with van der Waals surface area (Å²) >= 11 is 0. The van der Waals surface area contributed by atoms with Crippen molar-refractivity contribution >= 4 is 41.0 Å². The molecule has 0 radical (unpaired) electrons. The van der Waals surface area contributed by atoms with Gasteiger partial charge in [-0.2, -0.15) is 0 Å². The van der Waals surface area contributed by atoms with Gasteiger partial charge in [-0.1, -0.05) is 64.7 Å². The second-order valence-corrected chi connectivity index (χ2v) is 23.3. The van der Waals surface area contributed by atoms with Gasteiger partial charge in [-0.05, 0) is 64.2 Å². The molecule has 26 nitrogen and oxygen atoms in total. The quantitative estimate of drug-likeness (QED) is 0.0375. The minimum absolute atomic E-state index is 0.0377. The van der Waals surface area contributed by atoms with Crippen LogP contribution >= 0.6 is 0 Å². The first-order valence-corrected chi connectivity index (χ1v) is 30.9. The summed E-state index contributed by atoms with van der Waals surface area (Å²) in [6, 6.07) is -2.09. The number of aliphatic hydroxyl groups excluding tert-OH is 9. The minimum atomic E-state index is -1.43. The van der Waals surface area contributed by atoms with E-state index in [0.29, 0.717) is 58.0 Å². The van der Waals surface area contributed by atoms with Crippen molar-refractivity contribution in [1.82, 2.24) is 16.0 Å². The average molecular weight is 1230 g/mol. The zero-order chi connectivity index (χ0) is 65.6. The molecule has 26 heteroatoms. The molecule has 0 aromatic heterocycles. The lowest BCUT2D eigenvalue weighted by atomic mass is 9.80. The Morgan fingerprint density at radius 2 is 0.812 bits per heavy atom. The van der Waals surface area contributed by atoms with Crippen molar-refractivity contribution in [3.63, 3.8) is 0 Å². The van der Waals surface area contributed by atoms with Crippen molar-refractivity contribution < 1.29 is 112 Å². The summed E-state index contributed by atoms with van der Waals surface area (Å²) in [5.41, 5.74) is 0.691. The van der Waals surface area contributed by atoms with Gasteiger partial charge in [0, 0.05) is 99.5 Å². The molecule has 4 amide bonds. The maximum atomic E-state index is 13.7. The van der Waals surface area contributed by atoms with Crippen LogP contribution in [0.4, 0.5) is 0 Å². The zero-order valence-electron chi connectivity index (χ0n) is 53.3. The number of aliphatic hydroxyl groups is 9. The maximum absolute atomic E-state index is 13.7. The molecule has 3 fully saturated rings. The third-order valence-electron chi connectivity index (χ3n) is 16.2. The van der Waals surface area contributed by atoms with Crippen LogP contribution in [0.5, 0.6) is 0 Å². The Hall–Kier alpha value is -3.71. The van der Waals surface area contributed by atoms with Gasteiger partial charge in [-0.15, -0.1) is 0 Å². The van der Waals surface area contributed by atoms with Gasteiger partial charge in [0.2, 0.25) is 23.6 Å². The highest BCUT2D eigenvalue weighted by atomic mass is 16.7. The molecule has 14 N–H and O–H groups in total. The number of ketones is 3. The second-order valence-electron chi connectivity index (χ2n) is 23.3. The van der Waals surface area contributed by atoms with Crippen LogP contribution in [-0.4, -0.2) is 218 Å². The molecule has 3 aliphatic heterocycles. The van der Waals surface area contributed by atoms with Crippen molar-refractivity contribution in [1.29, 1.82) is 0 Å². The topological polar surface area (TPSA) is 419 Å². The van der Waals surface area contributed by atoms with Crippen LogP contribution in [-0.2, 0) is 62.0 Å². The van der Waals surface area contributed by atoms with Crippen LogP contribution in [0, 0.1) is 5.92 Å². The molecule has 3 aliphatic rings. The van der Waals surface area contributed by atoms with Gasteiger partial charge in [0.1, 0.15) is 78.3 Å². The van der Waals surface area contributed by atoms with Gasteiger partial charge in [0.25, 0.3) is 0 Å². The molecule has 0 saturated carbocycles. The van der Waals surface area contributed by atoms with E-state index in [1.54, 1.807) is 12.7 Å². The first-order valence-electron chi connectivity index (χ1n) is 32.4. The number of unbranched alkanes of at least 4 members (excludes halogenated alkanes) is 12. The smallest absolute Gasteiger partial charge is 0.220 e. The van der Waals surface area contributed by atoms with Gasteiger partial charge >= 0.3 is 0 Å². The van der Waals surface area contributed by atoms with Gasteiger partial charge in [-0.25, -0.2) is 0 Å². The van der Waals surface area contributed by atoms with Crippen molar-refractivity contribution in [2.24, 2.45) is 11.6 Å². The monoisotopic (exact) mass is 1230 g/mol. The van der Waals surface area contributed by atoms with Crippen LogP contribution < -0.4 is 21.7 Å². The van der Waals surface area contributed by atoms with Crippen LogP contribution in [0.15, 0.2) is 0 Å². The van der Waals surface area contributed by atoms with Crippen molar-refractivity contribution in [2.75, 3.05) is 39.6 Å². The van der Waals surface area contributed by atoms with E-state index in [1.165, 1.54) is 13.8 Å². The first kappa shape index (κ1) is 72.0. The third-order valence-corrected chi connectivity index (χ3v) is 16.2. The summed E-state index contributed by atoms with van der Waals surface area (Å²) in [7, 11) is 0. The molecule has 3 saturated heterocycles. The van der Waals surface area contributed by atoms with E-state index < -0.39 is 141 Å². The van der Waals surface area contributed by atoms with Gasteiger partial charge < -0.3 is 96.1 Å². The Morgan fingerprint density at radius 1 is 0.471 bits per heavy atom. The molecule has 85 heavy (non-hydrogen) atoms. The predicted molar refractivity (Wildman–Crippen MR) is 307 cm³/mol. The molecule has 3 rings (SSSR count). The molecule has 15 atom stereocenters. The van der Waals surface area contributed by atoms with E-state index in [0.717, 1.165) is 44.9 Å². The first-order chi connectivity index (χ1) is 42.1. The lowest BCUT2D eigenvalue weighted by Crippen LogP contribution is -2.64. The molecule has 0 aromatic rings. The molecule has 0 spiro atoms. The van der Waals surface area contributed by atoms with Gasteiger partial charge in [0.15, 0.2) is 20.3 Å². The Bertz CT molecular complexity index is 1920. The number of amides is 4. The summed E-state index contributed by atoms with van der Waals surface area (Å²) in [5.74, 6) is -2.53. The molecular weight excluding hydrogens is 1120 g/mol. The molecular formula is C59H106N4O22. The number of primary amides is 1. The highest BCUT2D eigenvalue weighted by Gasteiger charge is 2.47. The number of carbonyl (C=O) groups excluding carboxylic acids is 7. The molecule has 0 bridgehead atoms. The van der Waals surface area contributed by atoms with Crippen molar-refractivity contribution in [2.45, 2.75) is 286 Å². The van der Waals surface area contributed by atoms with Gasteiger partial charge in [0.05, 0.1) is 25.9 Å². The SMILES string of the molecule is [3H]NC(=O)CCCC(=O)NC(CCC(=O)CCCCCCCOC1OC(CO)C(O)C(O)C1C)(CCC(=O)CCCCCCCOC1OC(CO)C(O)C(O)C1NC(C)=O)CCC(=O)CCCCCCCOC1OC(CO)C(O)C(O)C1NC(C)=O.[3H][3H]. The number of hydrogen-bond donors (Lipinski definition) is 13. The van der Waals surface area contributed by atoms with E-state index >= 15 is 0 Å². The Balaban J connectivity index is 0.0000131. The zero-order valence-corrected chi connectivity index (χ0v) is 50.3. The Kier molecular flexibility index (Phi) is 35.2. The second kappa shape index (κ2) is 41.5. The highest BCUT2D eigenvalue weighted by Crippen LogP contribution is 2.31. The summed E-state index contributed by atoms with van der Waals surface area (Å²) < 4.78 is 51.4.